The third-order valence-corrected chi connectivity index (χ3v) is 6.25. The van der Waals surface area contributed by atoms with Crippen LogP contribution in [0.5, 0.6) is 0 Å². The zero-order chi connectivity index (χ0) is 21.8. The van der Waals surface area contributed by atoms with Crippen LogP contribution in [0.2, 0.25) is 5.02 Å². The number of aryl methyl sites for hydroxylation is 1. The van der Waals surface area contributed by atoms with E-state index >= 15 is 0 Å². The maximum absolute atomic E-state index is 13.2. The first-order valence-electron chi connectivity index (χ1n) is 9.71. The highest BCUT2D eigenvalue weighted by Gasteiger charge is 2.50. The van der Waals surface area contributed by atoms with Crippen LogP contribution in [-0.2, 0) is 22.1 Å². The molecule has 0 aliphatic carbocycles. The van der Waals surface area contributed by atoms with Gasteiger partial charge in [-0.25, -0.2) is 0 Å². The number of aliphatic hydroxyl groups excluding tert-OH is 1. The van der Waals surface area contributed by atoms with E-state index in [4.69, 9.17) is 16.3 Å². The molecule has 0 radical (unpaired) electrons. The van der Waals surface area contributed by atoms with Gasteiger partial charge >= 0.3 is 6.18 Å². The number of ether oxygens (including phenoxy) is 1. The van der Waals surface area contributed by atoms with Crippen molar-refractivity contribution >= 4 is 23.0 Å². The maximum Gasteiger partial charge on any atom is 0.417 e. The minimum absolute atomic E-state index is 0.0745. The lowest BCUT2D eigenvalue weighted by atomic mass is 9.86. The van der Waals surface area contributed by atoms with Gasteiger partial charge in [0, 0.05) is 0 Å². The molecule has 2 aliphatic heterocycles. The molecular weight excluding hydrogens is 417 g/mol. The second-order valence-corrected chi connectivity index (χ2v) is 8.29. The number of rotatable bonds is 3. The van der Waals surface area contributed by atoms with Crippen LogP contribution in [0.1, 0.15) is 43.4 Å². The van der Waals surface area contributed by atoms with Gasteiger partial charge < -0.3 is 9.84 Å². The molecule has 158 valence electrons. The highest BCUT2D eigenvalue weighted by atomic mass is 35.5. The summed E-state index contributed by atoms with van der Waals surface area (Å²) in [7, 11) is 0. The summed E-state index contributed by atoms with van der Waals surface area (Å²) >= 11 is 5.73. The van der Waals surface area contributed by atoms with E-state index in [1.807, 2.05) is 6.92 Å². The van der Waals surface area contributed by atoms with Crippen molar-refractivity contribution in [2.24, 2.45) is 0 Å². The average molecular weight is 437 g/mol. The first-order valence-corrected chi connectivity index (χ1v) is 10.1. The molecule has 7 heteroatoms. The zero-order valence-corrected chi connectivity index (χ0v) is 17.2. The van der Waals surface area contributed by atoms with Gasteiger partial charge in [0.05, 0.1) is 16.2 Å². The summed E-state index contributed by atoms with van der Waals surface area (Å²) in [5.74, 6) is -0.328. The molecule has 2 aromatic rings. The van der Waals surface area contributed by atoms with E-state index in [0.29, 0.717) is 36.0 Å². The number of ketones is 1. The average Bonchev–Trinajstić information content (AvgIpc) is 3.07. The van der Waals surface area contributed by atoms with Crippen molar-refractivity contribution < 1.29 is 27.8 Å². The predicted molar refractivity (Wildman–Crippen MR) is 108 cm³/mol. The molecule has 0 saturated carbocycles. The molecule has 1 N–H and O–H groups in total. The first kappa shape index (κ1) is 20.9. The molecule has 0 spiro atoms. The van der Waals surface area contributed by atoms with Crippen molar-refractivity contribution in [2.75, 3.05) is 0 Å². The summed E-state index contributed by atoms with van der Waals surface area (Å²) in [5.41, 5.74) is 0.777. The lowest BCUT2D eigenvalue weighted by molar-refractivity contribution is -0.137. The van der Waals surface area contributed by atoms with E-state index in [9.17, 15) is 23.1 Å². The Morgan fingerprint density at radius 1 is 1.20 bits per heavy atom. The second-order valence-electron chi connectivity index (χ2n) is 7.88. The molecule has 4 rings (SSSR count). The van der Waals surface area contributed by atoms with Crippen LogP contribution in [0.25, 0.3) is 16.7 Å². The summed E-state index contributed by atoms with van der Waals surface area (Å²) in [4.78, 5) is 12.9. The van der Waals surface area contributed by atoms with Crippen molar-refractivity contribution in [3.63, 3.8) is 0 Å². The van der Waals surface area contributed by atoms with E-state index in [1.54, 1.807) is 25.1 Å². The fourth-order valence-corrected chi connectivity index (χ4v) is 4.46. The van der Waals surface area contributed by atoms with Gasteiger partial charge in [0.25, 0.3) is 0 Å². The molecule has 1 saturated heterocycles. The van der Waals surface area contributed by atoms with Gasteiger partial charge in [0.2, 0.25) is 0 Å². The zero-order valence-electron chi connectivity index (χ0n) is 16.4. The van der Waals surface area contributed by atoms with E-state index in [0.717, 1.165) is 11.6 Å². The molecule has 0 amide bonds. The molecule has 2 aromatic carbocycles. The number of halogens is 4. The second kappa shape index (κ2) is 7.13. The molecule has 3 nitrogen and oxygen atoms in total. The Balaban J connectivity index is 1.82. The monoisotopic (exact) mass is 436 g/mol. The standard InChI is InChI=1S/C23H20ClF3O3/c1-3-12-10-13(14-5-7-17(24)16(11-14)23(25,26)27)4-6-15(12)19-20(28)18-8-9-22(2,30-18)21(19)29/h4-7,10-11,18,29H,3,8-9H2,1-2H3. The lowest BCUT2D eigenvalue weighted by Gasteiger charge is -2.31. The molecule has 30 heavy (non-hydrogen) atoms. The SMILES string of the molecule is CCc1cc(-c2ccc(Cl)c(C(F)(F)F)c2)ccc1C1=C(O)C2(C)CCC(O2)C1=O. The fraction of sp³-hybridized carbons (Fsp3) is 0.348. The van der Waals surface area contributed by atoms with Crippen LogP contribution in [0, 0.1) is 0 Å². The molecule has 2 atom stereocenters. The van der Waals surface area contributed by atoms with Gasteiger partial charge in [0.1, 0.15) is 17.5 Å². The third-order valence-electron chi connectivity index (χ3n) is 5.92. The topological polar surface area (TPSA) is 46.5 Å². The van der Waals surface area contributed by atoms with E-state index in [-0.39, 0.29) is 22.1 Å². The van der Waals surface area contributed by atoms with Crippen LogP contribution >= 0.6 is 11.6 Å². The van der Waals surface area contributed by atoms with Crippen LogP contribution in [0.4, 0.5) is 13.2 Å². The highest BCUT2D eigenvalue weighted by molar-refractivity contribution is 6.31. The summed E-state index contributed by atoms with van der Waals surface area (Å²) in [6.45, 7) is 3.66. The number of carbonyl (C=O) groups excluding carboxylic acids is 1. The number of Topliss-reactive ketones (excluding diaryl/α,β-unsaturated/α-hetero) is 1. The molecule has 1 fully saturated rings. The Kier molecular flexibility index (Phi) is 4.98. The summed E-state index contributed by atoms with van der Waals surface area (Å²) in [5, 5.41) is 10.4. The Labute approximate surface area is 177 Å². The minimum atomic E-state index is -4.56. The van der Waals surface area contributed by atoms with Gasteiger partial charge in [-0.15, -0.1) is 0 Å². The van der Waals surface area contributed by atoms with Crippen molar-refractivity contribution in [3.05, 3.63) is 63.9 Å². The Morgan fingerprint density at radius 3 is 2.53 bits per heavy atom. The van der Waals surface area contributed by atoms with Crippen LogP contribution < -0.4 is 0 Å². The smallest absolute Gasteiger partial charge is 0.417 e. The van der Waals surface area contributed by atoms with Gasteiger partial charge in [-0.05, 0) is 60.6 Å². The summed E-state index contributed by atoms with van der Waals surface area (Å²) < 4.78 is 45.4. The molecular formula is C23H20ClF3O3. The van der Waals surface area contributed by atoms with E-state index in [1.165, 1.54) is 12.1 Å². The van der Waals surface area contributed by atoms with Gasteiger partial charge in [-0.2, -0.15) is 13.2 Å². The Morgan fingerprint density at radius 2 is 1.87 bits per heavy atom. The van der Waals surface area contributed by atoms with Gasteiger partial charge in [-0.1, -0.05) is 42.8 Å². The molecule has 2 heterocycles. The predicted octanol–water partition coefficient (Wildman–Crippen LogP) is 6.38. The lowest BCUT2D eigenvalue weighted by Crippen LogP contribution is -2.37. The fourth-order valence-electron chi connectivity index (χ4n) is 4.23. The number of fused-ring (bicyclic) bond motifs is 2. The molecule has 2 bridgehead atoms. The number of alkyl halides is 3. The number of hydrogen-bond acceptors (Lipinski definition) is 3. The summed E-state index contributed by atoms with van der Waals surface area (Å²) in [6.07, 6.45) is -3.48. The third kappa shape index (κ3) is 3.32. The number of benzene rings is 2. The largest absolute Gasteiger partial charge is 0.508 e. The van der Waals surface area contributed by atoms with Gasteiger partial charge in [-0.3, -0.25) is 4.79 Å². The van der Waals surface area contributed by atoms with E-state index in [2.05, 4.69) is 0 Å². The normalized spacial score (nSPS) is 23.9. The molecule has 2 unspecified atom stereocenters. The van der Waals surface area contributed by atoms with Crippen LogP contribution in [-0.4, -0.2) is 22.6 Å². The van der Waals surface area contributed by atoms with E-state index < -0.39 is 23.4 Å². The maximum atomic E-state index is 13.2. The first-order chi connectivity index (χ1) is 14.0. The number of hydrogen-bond donors (Lipinski definition) is 1. The van der Waals surface area contributed by atoms with Crippen molar-refractivity contribution in [3.8, 4) is 11.1 Å². The highest BCUT2D eigenvalue weighted by Crippen LogP contribution is 2.46. The van der Waals surface area contributed by atoms with Crippen LogP contribution in [0.3, 0.4) is 0 Å². The van der Waals surface area contributed by atoms with Crippen molar-refractivity contribution in [1.29, 1.82) is 0 Å². The molecule has 2 aliphatic rings. The quantitative estimate of drug-likeness (QED) is 0.607. The van der Waals surface area contributed by atoms with Crippen molar-refractivity contribution in [2.45, 2.75) is 51.0 Å². The summed E-state index contributed by atoms with van der Waals surface area (Å²) in [6, 6.07) is 8.89. The molecule has 0 aromatic heterocycles. The Bertz CT molecular complexity index is 1070. The number of aliphatic hydroxyl groups is 1. The Hall–Kier alpha value is -2.31. The van der Waals surface area contributed by atoms with Crippen molar-refractivity contribution in [1.82, 2.24) is 0 Å². The number of carbonyl (C=O) groups is 1. The van der Waals surface area contributed by atoms with Crippen LogP contribution in [0.15, 0.2) is 42.2 Å². The minimum Gasteiger partial charge on any atom is -0.508 e. The van der Waals surface area contributed by atoms with Gasteiger partial charge in [0.15, 0.2) is 5.78 Å².